The van der Waals surface area contributed by atoms with Crippen molar-refractivity contribution in [2.45, 2.75) is 51.0 Å². The molecule has 1 heterocycles. The quantitative estimate of drug-likeness (QED) is 0.436. The topological polar surface area (TPSA) is 103 Å². The molecule has 0 radical (unpaired) electrons. The van der Waals surface area contributed by atoms with E-state index in [0.29, 0.717) is 33.8 Å². The predicted octanol–water partition coefficient (Wildman–Crippen LogP) is 4.95. The van der Waals surface area contributed by atoms with Crippen molar-refractivity contribution in [2.24, 2.45) is 5.10 Å². The lowest BCUT2D eigenvalue weighted by Gasteiger charge is -2.22. The van der Waals surface area contributed by atoms with Crippen LogP contribution < -0.4 is 15.0 Å². The van der Waals surface area contributed by atoms with Crippen LogP contribution in [-0.4, -0.2) is 40.2 Å². The molecular weight excluding hydrogens is 502 g/mol. The Balaban J connectivity index is 1.74. The van der Waals surface area contributed by atoms with Crippen LogP contribution in [0.15, 0.2) is 50.8 Å². The fourth-order valence-corrected chi connectivity index (χ4v) is 4.49. The SMILES string of the molecule is COc1cc(C=Nn2c(C3CCCCC3)nc3ccc(Br)cc3c2=O)ccc1O[C@H](C)C(=O)O. The smallest absolute Gasteiger partial charge is 0.344 e. The van der Waals surface area contributed by atoms with Crippen LogP contribution in [0.2, 0.25) is 0 Å². The number of carboxylic acids is 1. The first-order valence-electron chi connectivity index (χ1n) is 11.2. The average molecular weight is 528 g/mol. The lowest BCUT2D eigenvalue weighted by molar-refractivity contribution is -0.144. The van der Waals surface area contributed by atoms with E-state index in [1.54, 1.807) is 30.5 Å². The number of aliphatic carboxylic acids is 1. The number of nitrogens with zero attached hydrogens (tertiary/aromatic N) is 3. The van der Waals surface area contributed by atoms with Gasteiger partial charge in [-0.25, -0.2) is 9.78 Å². The summed E-state index contributed by atoms with van der Waals surface area (Å²) in [6.45, 7) is 1.45. The summed E-state index contributed by atoms with van der Waals surface area (Å²) >= 11 is 3.43. The molecule has 9 heteroatoms. The Bertz CT molecular complexity index is 1300. The van der Waals surface area contributed by atoms with Crippen molar-refractivity contribution in [2.75, 3.05) is 7.11 Å². The van der Waals surface area contributed by atoms with Crippen LogP contribution in [0.3, 0.4) is 0 Å². The molecule has 8 nitrogen and oxygen atoms in total. The van der Waals surface area contributed by atoms with E-state index in [4.69, 9.17) is 19.6 Å². The maximum absolute atomic E-state index is 13.4. The lowest BCUT2D eigenvalue weighted by atomic mass is 9.88. The Morgan fingerprint density at radius 3 is 2.68 bits per heavy atom. The first kappa shape index (κ1) is 23.9. The van der Waals surface area contributed by atoms with Crippen molar-refractivity contribution in [1.29, 1.82) is 0 Å². The van der Waals surface area contributed by atoms with Gasteiger partial charge in [-0.1, -0.05) is 35.2 Å². The second-order valence-corrected chi connectivity index (χ2v) is 9.25. The molecule has 3 aromatic rings. The van der Waals surface area contributed by atoms with Crippen LogP contribution in [-0.2, 0) is 4.79 Å². The van der Waals surface area contributed by atoms with Crippen molar-refractivity contribution in [1.82, 2.24) is 9.66 Å². The Hall–Kier alpha value is -3.20. The third kappa shape index (κ3) is 5.14. The van der Waals surface area contributed by atoms with Crippen molar-refractivity contribution in [3.8, 4) is 11.5 Å². The number of rotatable bonds is 7. The van der Waals surface area contributed by atoms with E-state index in [1.165, 1.54) is 25.1 Å². The number of aromatic nitrogens is 2. The van der Waals surface area contributed by atoms with E-state index in [2.05, 4.69) is 21.0 Å². The zero-order valence-electron chi connectivity index (χ0n) is 19.0. The van der Waals surface area contributed by atoms with Gasteiger partial charge in [0.2, 0.25) is 0 Å². The van der Waals surface area contributed by atoms with Gasteiger partial charge in [0.1, 0.15) is 5.82 Å². The number of halogens is 1. The fourth-order valence-electron chi connectivity index (χ4n) is 4.13. The fraction of sp³-hybridized carbons (Fsp3) is 0.360. The second-order valence-electron chi connectivity index (χ2n) is 8.34. The summed E-state index contributed by atoms with van der Waals surface area (Å²) in [5.41, 5.74) is 1.12. The number of methoxy groups -OCH3 is 1. The molecular formula is C25H26BrN3O5. The van der Waals surface area contributed by atoms with Crippen molar-refractivity contribution in [3.05, 3.63) is 62.6 Å². The Morgan fingerprint density at radius 2 is 1.97 bits per heavy atom. The van der Waals surface area contributed by atoms with E-state index in [9.17, 15) is 9.59 Å². The molecule has 1 saturated carbocycles. The zero-order valence-corrected chi connectivity index (χ0v) is 20.6. The third-order valence-electron chi connectivity index (χ3n) is 5.97. The highest BCUT2D eigenvalue weighted by molar-refractivity contribution is 9.10. The van der Waals surface area contributed by atoms with Crippen LogP contribution in [0, 0.1) is 0 Å². The van der Waals surface area contributed by atoms with Gasteiger partial charge in [-0.05, 0) is 61.7 Å². The lowest BCUT2D eigenvalue weighted by Crippen LogP contribution is -2.25. The largest absolute Gasteiger partial charge is 0.493 e. The van der Waals surface area contributed by atoms with Gasteiger partial charge >= 0.3 is 5.97 Å². The maximum atomic E-state index is 13.4. The summed E-state index contributed by atoms with van der Waals surface area (Å²) in [7, 11) is 1.48. The first-order chi connectivity index (χ1) is 16.4. The van der Waals surface area contributed by atoms with Gasteiger partial charge in [-0.2, -0.15) is 9.78 Å². The van der Waals surface area contributed by atoms with Gasteiger partial charge in [0, 0.05) is 10.4 Å². The summed E-state index contributed by atoms with van der Waals surface area (Å²) in [5.74, 6) is 0.467. The Morgan fingerprint density at radius 1 is 1.21 bits per heavy atom. The number of carboxylic acid groups (broad SMARTS) is 1. The number of benzene rings is 2. The molecule has 1 aliphatic carbocycles. The third-order valence-corrected chi connectivity index (χ3v) is 6.46. The number of hydrogen-bond acceptors (Lipinski definition) is 6. The number of hydrogen-bond donors (Lipinski definition) is 1. The summed E-state index contributed by atoms with van der Waals surface area (Å²) in [5, 5.41) is 14.1. The van der Waals surface area contributed by atoms with Crippen molar-refractivity contribution < 1.29 is 19.4 Å². The summed E-state index contributed by atoms with van der Waals surface area (Å²) in [6.07, 6.45) is 5.92. The second kappa shape index (κ2) is 10.4. The zero-order chi connectivity index (χ0) is 24.2. The van der Waals surface area contributed by atoms with Crippen LogP contribution >= 0.6 is 15.9 Å². The minimum absolute atomic E-state index is 0.175. The highest BCUT2D eigenvalue weighted by atomic mass is 79.9. The van der Waals surface area contributed by atoms with E-state index in [1.807, 2.05) is 12.1 Å². The monoisotopic (exact) mass is 527 g/mol. The highest BCUT2D eigenvalue weighted by Crippen LogP contribution is 2.32. The number of ether oxygens (including phenoxy) is 2. The molecule has 4 rings (SSSR count). The highest BCUT2D eigenvalue weighted by Gasteiger charge is 2.22. The average Bonchev–Trinajstić information content (AvgIpc) is 2.84. The van der Waals surface area contributed by atoms with E-state index < -0.39 is 12.1 Å². The predicted molar refractivity (Wildman–Crippen MR) is 133 cm³/mol. The molecule has 1 aromatic heterocycles. The molecule has 1 fully saturated rings. The molecule has 1 N–H and O–H groups in total. The van der Waals surface area contributed by atoms with E-state index in [0.717, 1.165) is 30.2 Å². The summed E-state index contributed by atoms with van der Waals surface area (Å²) < 4.78 is 13.0. The normalized spacial score (nSPS) is 15.5. The number of carbonyl (C=O) groups is 1. The van der Waals surface area contributed by atoms with Crippen LogP contribution in [0.1, 0.15) is 56.3 Å². The molecule has 1 aliphatic rings. The van der Waals surface area contributed by atoms with E-state index >= 15 is 0 Å². The molecule has 1 atom stereocenters. The van der Waals surface area contributed by atoms with Crippen LogP contribution in [0.5, 0.6) is 11.5 Å². The summed E-state index contributed by atoms with van der Waals surface area (Å²) in [4.78, 5) is 29.4. The molecule has 0 bridgehead atoms. The Kier molecular flexibility index (Phi) is 7.31. The molecule has 2 aromatic carbocycles. The summed E-state index contributed by atoms with van der Waals surface area (Å²) in [6, 6.07) is 10.5. The Labute approximate surface area is 205 Å². The van der Waals surface area contributed by atoms with Crippen LogP contribution in [0.25, 0.3) is 10.9 Å². The standard InChI is InChI=1S/C25H26BrN3O5/c1-15(25(31)32)34-21-11-8-16(12-22(21)33-2)14-27-29-23(17-6-4-3-5-7-17)28-20-10-9-18(26)13-19(20)24(29)30/h8-15,17H,3-7H2,1-2H3,(H,31,32)/t15-/m1/s1. The minimum atomic E-state index is -1.07. The van der Waals surface area contributed by atoms with Crippen LogP contribution in [0.4, 0.5) is 0 Å². The maximum Gasteiger partial charge on any atom is 0.344 e. The number of fused-ring (bicyclic) bond motifs is 1. The molecule has 0 aliphatic heterocycles. The van der Waals surface area contributed by atoms with E-state index in [-0.39, 0.29) is 11.5 Å². The molecule has 34 heavy (non-hydrogen) atoms. The van der Waals surface area contributed by atoms with Gasteiger partial charge in [-0.3, -0.25) is 4.79 Å². The minimum Gasteiger partial charge on any atom is -0.493 e. The van der Waals surface area contributed by atoms with Gasteiger partial charge in [-0.15, -0.1) is 0 Å². The molecule has 0 spiro atoms. The van der Waals surface area contributed by atoms with Gasteiger partial charge < -0.3 is 14.6 Å². The van der Waals surface area contributed by atoms with Crippen molar-refractivity contribution >= 4 is 39.0 Å². The molecule has 178 valence electrons. The molecule has 0 saturated heterocycles. The van der Waals surface area contributed by atoms with Gasteiger partial charge in [0.15, 0.2) is 17.6 Å². The van der Waals surface area contributed by atoms with Gasteiger partial charge in [0.25, 0.3) is 5.56 Å². The first-order valence-corrected chi connectivity index (χ1v) is 12.0. The molecule has 0 unspecified atom stereocenters. The van der Waals surface area contributed by atoms with Gasteiger partial charge in [0.05, 0.1) is 24.2 Å². The van der Waals surface area contributed by atoms with Crippen molar-refractivity contribution in [3.63, 3.8) is 0 Å². The molecule has 0 amide bonds.